The van der Waals surface area contributed by atoms with Gasteiger partial charge in [-0.3, -0.25) is 4.79 Å². The van der Waals surface area contributed by atoms with Gasteiger partial charge in [0, 0.05) is 6.54 Å². The third-order valence-corrected chi connectivity index (χ3v) is 2.96. The van der Waals surface area contributed by atoms with Gasteiger partial charge in [0.1, 0.15) is 0 Å². The Kier molecular flexibility index (Phi) is 3.54. The number of rotatable bonds is 3. The zero-order valence-electron chi connectivity index (χ0n) is 9.33. The van der Waals surface area contributed by atoms with E-state index in [4.69, 9.17) is 15.2 Å². The molecule has 5 nitrogen and oxygen atoms in total. The molecule has 92 valence electrons. The van der Waals surface area contributed by atoms with Crippen LogP contribution in [0.5, 0.6) is 11.5 Å². The monoisotopic (exact) mass is 300 g/mol. The maximum Gasteiger partial charge on any atom is 0.236 e. The van der Waals surface area contributed by atoms with Crippen molar-refractivity contribution >= 4 is 21.8 Å². The van der Waals surface area contributed by atoms with Crippen molar-refractivity contribution in [3.05, 3.63) is 22.2 Å². The molecular weight excluding hydrogens is 288 g/mol. The first kappa shape index (κ1) is 12.2. The molecule has 0 fully saturated rings. The van der Waals surface area contributed by atoms with E-state index in [1.54, 1.807) is 6.92 Å². The van der Waals surface area contributed by atoms with E-state index >= 15 is 0 Å². The number of benzene rings is 1. The number of hydrogen-bond donors (Lipinski definition) is 2. The van der Waals surface area contributed by atoms with Crippen LogP contribution in [-0.4, -0.2) is 18.7 Å². The number of halogens is 1. The average Bonchev–Trinajstić information content (AvgIpc) is 2.74. The second-order valence-electron chi connectivity index (χ2n) is 3.82. The number of nitrogens with two attached hydrogens (primary N) is 1. The Balaban J connectivity index is 2.08. The van der Waals surface area contributed by atoms with Crippen LogP contribution >= 0.6 is 15.9 Å². The summed E-state index contributed by atoms with van der Waals surface area (Å²) in [6.07, 6.45) is 0. The molecule has 0 spiro atoms. The van der Waals surface area contributed by atoms with E-state index in [9.17, 15) is 4.79 Å². The minimum absolute atomic E-state index is 0.182. The number of fused-ring (bicyclic) bond motifs is 1. The first-order valence-corrected chi connectivity index (χ1v) is 5.98. The predicted molar refractivity (Wildman–Crippen MR) is 65.8 cm³/mol. The predicted octanol–water partition coefficient (Wildman–Crippen LogP) is 1.14. The molecule has 1 unspecified atom stereocenters. The molecule has 2 rings (SSSR count). The lowest BCUT2D eigenvalue weighted by atomic mass is 10.2. The molecule has 1 atom stereocenters. The van der Waals surface area contributed by atoms with E-state index in [0.29, 0.717) is 18.0 Å². The van der Waals surface area contributed by atoms with Crippen molar-refractivity contribution in [3.63, 3.8) is 0 Å². The van der Waals surface area contributed by atoms with Crippen molar-refractivity contribution in [2.45, 2.75) is 19.5 Å². The molecule has 0 aromatic heterocycles. The van der Waals surface area contributed by atoms with Gasteiger partial charge in [-0.25, -0.2) is 0 Å². The summed E-state index contributed by atoms with van der Waals surface area (Å²) < 4.78 is 11.4. The van der Waals surface area contributed by atoms with Gasteiger partial charge in [-0.2, -0.15) is 0 Å². The first-order valence-electron chi connectivity index (χ1n) is 5.19. The second kappa shape index (κ2) is 4.93. The van der Waals surface area contributed by atoms with Crippen LogP contribution in [0.4, 0.5) is 0 Å². The van der Waals surface area contributed by atoms with E-state index in [-0.39, 0.29) is 12.7 Å². The number of carbonyl (C=O) groups is 1. The topological polar surface area (TPSA) is 73.6 Å². The van der Waals surface area contributed by atoms with Gasteiger partial charge in [0.2, 0.25) is 12.7 Å². The lowest BCUT2D eigenvalue weighted by Crippen LogP contribution is -2.37. The summed E-state index contributed by atoms with van der Waals surface area (Å²) in [4.78, 5) is 11.3. The van der Waals surface area contributed by atoms with Gasteiger partial charge in [0.15, 0.2) is 11.5 Å². The Hall–Kier alpha value is -1.27. The van der Waals surface area contributed by atoms with Crippen molar-refractivity contribution < 1.29 is 14.3 Å². The highest BCUT2D eigenvalue weighted by Gasteiger charge is 2.18. The van der Waals surface area contributed by atoms with Gasteiger partial charge in [-0.15, -0.1) is 0 Å². The van der Waals surface area contributed by atoms with Gasteiger partial charge < -0.3 is 20.5 Å². The summed E-state index contributed by atoms with van der Waals surface area (Å²) in [5.74, 6) is 1.20. The van der Waals surface area contributed by atoms with Crippen molar-refractivity contribution in [1.82, 2.24) is 5.32 Å². The Morgan fingerprint density at radius 3 is 3.06 bits per heavy atom. The summed E-state index contributed by atoms with van der Waals surface area (Å²) >= 11 is 3.39. The maximum absolute atomic E-state index is 11.3. The zero-order valence-corrected chi connectivity index (χ0v) is 10.9. The molecular formula is C11H13BrN2O3. The fraction of sp³-hybridized carbons (Fsp3) is 0.364. The fourth-order valence-corrected chi connectivity index (χ4v) is 2.08. The van der Waals surface area contributed by atoms with Crippen LogP contribution in [0.15, 0.2) is 16.6 Å². The van der Waals surface area contributed by atoms with Crippen LogP contribution in [0.3, 0.4) is 0 Å². The van der Waals surface area contributed by atoms with Crippen molar-refractivity contribution in [2.75, 3.05) is 6.79 Å². The maximum atomic E-state index is 11.3. The summed E-state index contributed by atoms with van der Waals surface area (Å²) in [7, 11) is 0. The lowest BCUT2D eigenvalue weighted by Gasteiger charge is -2.09. The van der Waals surface area contributed by atoms with Gasteiger partial charge >= 0.3 is 0 Å². The molecule has 6 heteroatoms. The molecule has 0 aliphatic carbocycles. The largest absolute Gasteiger partial charge is 0.454 e. The van der Waals surface area contributed by atoms with Gasteiger partial charge in [-0.1, -0.05) is 0 Å². The Morgan fingerprint density at radius 1 is 1.59 bits per heavy atom. The molecule has 1 aliphatic heterocycles. The molecule has 3 N–H and O–H groups in total. The molecule has 0 saturated carbocycles. The SMILES string of the molecule is CC(N)C(=O)NCc1cc(Br)c2c(c1)OCO2. The highest BCUT2D eigenvalue weighted by Crippen LogP contribution is 2.39. The van der Waals surface area contributed by atoms with E-state index in [2.05, 4.69) is 21.2 Å². The molecule has 1 aliphatic rings. The van der Waals surface area contributed by atoms with Crippen molar-refractivity contribution in [3.8, 4) is 11.5 Å². The van der Waals surface area contributed by atoms with Crippen LogP contribution in [0.25, 0.3) is 0 Å². The minimum atomic E-state index is -0.507. The highest BCUT2D eigenvalue weighted by atomic mass is 79.9. The van der Waals surface area contributed by atoms with Gasteiger partial charge in [0.05, 0.1) is 10.5 Å². The van der Waals surface area contributed by atoms with Gasteiger partial charge in [0.25, 0.3) is 0 Å². The number of ether oxygens (including phenoxy) is 2. The third kappa shape index (κ3) is 2.70. The molecule has 0 saturated heterocycles. The van der Waals surface area contributed by atoms with Crippen molar-refractivity contribution in [2.24, 2.45) is 5.73 Å². The van der Waals surface area contributed by atoms with Gasteiger partial charge in [-0.05, 0) is 40.5 Å². The normalized spacial score (nSPS) is 14.5. The Labute approximate surface area is 107 Å². The molecule has 0 bridgehead atoms. The molecule has 1 aromatic rings. The third-order valence-electron chi connectivity index (χ3n) is 2.37. The van der Waals surface area contributed by atoms with Crippen LogP contribution in [0, 0.1) is 0 Å². The second-order valence-corrected chi connectivity index (χ2v) is 4.67. The smallest absolute Gasteiger partial charge is 0.236 e. The summed E-state index contributed by atoms with van der Waals surface area (Å²) in [6.45, 7) is 2.28. The van der Waals surface area contributed by atoms with Crippen LogP contribution in [-0.2, 0) is 11.3 Å². The van der Waals surface area contributed by atoms with Crippen LogP contribution in [0.2, 0.25) is 0 Å². The molecule has 1 amide bonds. The van der Waals surface area contributed by atoms with Crippen molar-refractivity contribution in [1.29, 1.82) is 0 Å². The highest BCUT2D eigenvalue weighted by molar-refractivity contribution is 9.10. The van der Waals surface area contributed by atoms with E-state index in [1.807, 2.05) is 12.1 Å². The summed E-state index contributed by atoms with van der Waals surface area (Å²) in [6, 6.07) is 3.22. The summed E-state index contributed by atoms with van der Waals surface area (Å²) in [5.41, 5.74) is 6.38. The molecule has 0 radical (unpaired) electrons. The van der Waals surface area contributed by atoms with Crippen LogP contribution < -0.4 is 20.5 Å². The average molecular weight is 301 g/mol. The Bertz CT molecular complexity index is 449. The van der Waals surface area contributed by atoms with E-state index < -0.39 is 6.04 Å². The molecule has 1 heterocycles. The number of amides is 1. The van der Waals surface area contributed by atoms with E-state index in [1.165, 1.54) is 0 Å². The molecule has 17 heavy (non-hydrogen) atoms. The minimum Gasteiger partial charge on any atom is -0.454 e. The van der Waals surface area contributed by atoms with E-state index in [0.717, 1.165) is 10.0 Å². The number of nitrogens with one attached hydrogen (secondary N) is 1. The van der Waals surface area contributed by atoms with Crippen LogP contribution in [0.1, 0.15) is 12.5 Å². The first-order chi connectivity index (χ1) is 8.08. The zero-order chi connectivity index (χ0) is 12.4. The number of carbonyl (C=O) groups excluding carboxylic acids is 1. The lowest BCUT2D eigenvalue weighted by molar-refractivity contribution is -0.122. The quantitative estimate of drug-likeness (QED) is 0.878. The fourth-order valence-electron chi connectivity index (χ4n) is 1.47. The number of hydrogen-bond acceptors (Lipinski definition) is 4. The standard InChI is InChI=1S/C11H13BrN2O3/c1-6(13)11(15)14-4-7-2-8(12)10-9(3-7)16-5-17-10/h2-3,6H,4-5,13H2,1H3,(H,14,15). The Morgan fingerprint density at radius 2 is 2.35 bits per heavy atom. The summed E-state index contributed by atoms with van der Waals surface area (Å²) in [5, 5.41) is 2.74. The molecule has 1 aromatic carbocycles.